The number of nitrogens with zero attached hydrogens (tertiary/aromatic N) is 2. The quantitative estimate of drug-likeness (QED) is 0.779. The van der Waals surface area contributed by atoms with Gasteiger partial charge in [-0.15, -0.1) is 6.42 Å². The minimum absolute atomic E-state index is 0.0616. The first-order valence-electron chi connectivity index (χ1n) is 8.44. The van der Waals surface area contributed by atoms with E-state index >= 15 is 0 Å². The molecular weight excluding hydrogens is 328 g/mol. The lowest BCUT2D eigenvalue weighted by atomic mass is 10.2. The summed E-state index contributed by atoms with van der Waals surface area (Å²) in [5.74, 6) is 2.71. The van der Waals surface area contributed by atoms with Gasteiger partial charge >= 0.3 is 0 Å². The molecule has 1 aromatic carbocycles. The van der Waals surface area contributed by atoms with Crippen LogP contribution in [0.2, 0.25) is 0 Å². The van der Waals surface area contributed by atoms with Crippen molar-refractivity contribution >= 4 is 17.6 Å². The van der Waals surface area contributed by atoms with Crippen molar-refractivity contribution in [2.75, 3.05) is 18.4 Å². The van der Waals surface area contributed by atoms with Crippen LogP contribution in [0, 0.1) is 12.3 Å². The maximum Gasteiger partial charge on any atom is 0.253 e. The molecule has 6 heteroatoms. The first-order chi connectivity index (χ1) is 12.7. The van der Waals surface area contributed by atoms with Crippen molar-refractivity contribution < 1.29 is 9.59 Å². The summed E-state index contributed by atoms with van der Waals surface area (Å²) in [5, 5.41) is 5.73. The molecule has 0 unspecified atom stereocenters. The Morgan fingerprint density at radius 2 is 2.08 bits per heavy atom. The van der Waals surface area contributed by atoms with E-state index in [0.717, 1.165) is 12.0 Å². The molecule has 1 aliphatic heterocycles. The fraction of sp³-hybridized carbons (Fsp3) is 0.250. The minimum Gasteiger partial charge on any atom is -0.358 e. The van der Waals surface area contributed by atoms with Gasteiger partial charge in [0.05, 0.1) is 12.1 Å². The average Bonchev–Trinajstić information content (AvgIpc) is 3.01. The molecule has 0 spiro atoms. The number of amides is 2. The van der Waals surface area contributed by atoms with Crippen molar-refractivity contribution in [3.05, 3.63) is 59.8 Å². The zero-order chi connectivity index (χ0) is 18.4. The third-order valence-corrected chi connectivity index (χ3v) is 4.21. The van der Waals surface area contributed by atoms with Gasteiger partial charge in [0.25, 0.3) is 5.91 Å². The van der Waals surface area contributed by atoms with E-state index in [1.165, 1.54) is 6.20 Å². The normalized spacial score (nSPS) is 16.2. The van der Waals surface area contributed by atoms with Crippen LogP contribution in [0.25, 0.3) is 0 Å². The summed E-state index contributed by atoms with van der Waals surface area (Å²) in [5.41, 5.74) is 1.54. The van der Waals surface area contributed by atoms with Crippen LogP contribution in [0.4, 0.5) is 5.82 Å². The third kappa shape index (κ3) is 4.19. The molecule has 2 amide bonds. The first-order valence-corrected chi connectivity index (χ1v) is 8.44. The summed E-state index contributed by atoms with van der Waals surface area (Å²) in [4.78, 5) is 30.4. The van der Waals surface area contributed by atoms with Gasteiger partial charge < -0.3 is 15.5 Å². The van der Waals surface area contributed by atoms with Crippen LogP contribution in [0.1, 0.15) is 22.3 Å². The maximum atomic E-state index is 12.6. The third-order valence-electron chi connectivity index (χ3n) is 4.21. The molecule has 0 bridgehead atoms. The van der Waals surface area contributed by atoms with Gasteiger partial charge in [0.2, 0.25) is 5.91 Å². The molecule has 2 aromatic rings. The Morgan fingerprint density at radius 3 is 2.77 bits per heavy atom. The number of terminal acetylenes is 1. The molecule has 6 nitrogen and oxygen atoms in total. The lowest BCUT2D eigenvalue weighted by Gasteiger charge is -2.17. The molecule has 1 aliphatic rings. The van der Waals surface area contributed by atoms with Gasteiger partial charge in [-0.2, -0.15) is 0 Å². The number of nitrogens with one attached hydrogen (secondary N) is 2. The van der Waals surface area contributed by atoms with Crippen molar-refractivity contribution in [1.82, 2.24) is 15.2 Å². The fourth-order valence-electron chi connectivity index (χ4n) is 2.86. The van der Waals surface area contributed by atoms with Crippen molar-refractivity contribution in [1.29, 1.82) is 0 Å². The molecule has 1 aromatic heterocycles. The lowest BCUT2D eigenvalue weighted by Crippen LogP contribution is -2.33. The molecule has 3 rings (SSSR count). The highest BCUT2D eigenvalue weighted by molar-refractivity contribution is 5.94. The molecule has 132 valence electrons. The zero-order valence-corrected chi connectivity index (χ0v) is 14.3. The van der Waals surface area contributed by atoms with Crippen molar-refractivity contribution in [3.63, 3.8) is 0 Å². The number of likely N-dealkylation sites (tertiary alicyclic amines) is 1. The predicted octanol–water partition coefficient (Wildman–Crippen LogP) is 1.66. The summed E-state index contributed by atoms with van der Waals surface area (Å²) >= 11 is 0. The van der Waals surface area contributed by atoms with Crippen LogP contribution in [0.3, 0.4) is 0 Å². The van der Waals surface area contributed by atoms with E-state index in [9.17, 15) is 9.59 Å². The molecule has 1 saturated heterocycles. The second kappa shape index (κ2) is 8.17. The van der Waals surface area contributed by atoms with E-state index in [1.807, 2.05) is 35.2 Å². The zero-order valence-electron chi connectivity index (χ0n) is 14.3. The van der Waals surface area contributed by atoms with Crippen LogP contribution in [0.5, 0.6) is 0 Å². The Balaban J connectivity index is 1.57. The summed E-state index contributed by atoms with van der Waals surface area (Å²) in [6.07, 6.45) is 7.30. The largest absolute Gasteiger partial charge is 0.358 e. The number of pyridine rings is 1. The number of carbonyl (C=O) groups excluding carboxylic acids is 2. The summed E-state index contributed by atoms with van der Waals surface area (Å²) < 4.78 is 0. The molecule has 26 heavy (non-hydrogen) atoms. The van der Waals surface area contributed by atoms with Crippen LogP contribution in [0.15, 0.2) is 48.7 Å². The lowest BCUT2D eigenvalue weighted by molar-refractivity contribution is -0.128. The smallest absolute Gasteiger partial charge is 0.253 e. The predicted molar refractivity (Wildman–Crippen MR) is 99.3 cm³/mol. The van der Waals surface area contributed by atoms with E-state index in [1.54, 1.807) is 12.1 Å². The minimum atomic E-state index is -0.299. The highest BCUT2D eigenvalue weighted by atomic mass is 16.2. The maximum absolute atomic E-state index is 12.6. The highest BCUT2D eigenvalue weighted by Crippen LogP contribution is 2.18. The van der Waals surface area contributed by atoms with Crippen LogP contribution in [-0.4, -0.2) is 40.8 Å². The van der Waals surface area contributed by atoms with Gasteiger partial charge in [-0.1, -0.05) is 36.3 Å². The number of rotatable bonds is 6. The molecule has 0 radical (unpaired) electrons. The Hall–Kier alpha value is -3.33. The monoisotopic (exact) mass is 348 g/mol. The molecule has 1 atom stereocenters. The van der Waals surface area contributed by atoms with Crippen molar-refractivity contribution in [2.24, 2.45) is 0 Å². The molecular formula is C20H20N4O2. The second-order valence-electron chi connectivity index (χ2n) is 6.05. The van der Waals surface area contributed by atoms with Gasteiger partial charge in [-0.05, 0) is 24.1 Å². The van der Waals surface area contributed by atoms with Gasteiger partial charge in [0, 0.05) is 19.3 Å². The number of hydrogen-bond acceptors (Lipinski definition) is 4. The van der Waals surface area contributed by atoms with Crippen LogP contribution < -0.4 is 10.6 Å². The number of anilines is 1. The Bertz CT molecular complexity index is 812. The van der Waals surface area contributed by atoms with Gasteiger partial charge in [0.1, 0.15) is 11.9 Å². The second-order valence-corrected chi connectivity index (χ2v) is 6.05. The summed E-state index contributed by atoms with van der Waals surface area (Å²) in [6, 6.07) is 13.0. The SMILES string of the molecule is C#CCNC(=O)c1ccc(N[C@H]2CCN(Cc3ccccc3)C2=O)nc1. The van der Waals surface area contributed by atoms with Gasteiger partial charge in [-0.25, -0.2) is 4.98 Å². The molecule has 2 N–H and O–H groups in total. The van der Waals surface area contributed by atoms with Crippen molar-refractivity contribution in [3.8, 4) is 12.3 Å². The topological polar surface area (TPSA) is 74.3 Å². The van der Waals surface area contributed by atoms with Gasteiger partial charge in [0.15, 0.2) is 0 Å². The van der Waals surface area contributed by atoms with Gasteiger partial charge in [-0.3, -0.25) is 9.59 Å². The number of benzene rings is 1. The summed E-state index contributed by atoms with van der Waals surface area (Å²) in [6.45, 7) is 1.49. The summed E-state index contributed by atoms with van der Waals surface area (Å²) in [7, 11) is 0. The van der Waals surface area contributed by atoms with E-state index in [2.05, 4.69) is 21.5 Å². The van der Waals surface area contributed by atoms with Crippen molar-refractivity contribution in [2.45, 2.75) is 19.0 Å². The molecule has 0 aliphatic carbocycles. The first kappa shape index (κ1) is 17.5. The average molecular weight is 348 g/mol. The number of aromatic nitrogens is 1. The standard InChI is InChI=1S/C20H20N4O2/c1-2-11-21-19(25)16-8-9-18(22-13-16)23-17-10-12-24(20(17)26)14-15-6-4-3-5-7-15/h1,3-9,13,17H,10-12,14H2,(H,21,25)(H,22,23)/t17-/m0/s1. The number of carbonyl (C=O) groups is 2. The van der Waals surface area contributed by atoms with Crippen LogP contribution in [-0.2, 0) is 11.3 Å². The molecule has 0 saturated carbocycles. The Morgan fingerprint density at radius 1 is 1.27 bits per heavy atom. The van der Waals surface area contributed by atoms with E-state index in [0.29, 0.717) is 24.5 Å². The highest BCUT2D eigenvalue weighted by Gasteiger charge is 2.31. The Kier molecular flexibility index (Phi) is 5.49. The van der Waals surface area contributed by atoms with E-state index < -0.39 is 0 Å². The van der Waals surface area contributed by atoms with E-state index in [4.69, 9.17) is 6.42 Å². The Labute approximate surface area is 152 Å². The fourth-order valence-corrected chi connectivity index (χ4v) is 2.86. The molecule has 2 heterocycles. The van der Waals surface area contributed by atoms with Crippen LogP contribution >= 0.6 is 0 Å². The van der Waals surface area contributed by atoms with E-state index in [-0.39, 0.29) is 24.4 Å². The molecule has 1 fully saturated rings. The number of hydrogen-bond donors (Lipinski definition) is 2.